The van der Waals surface area contributed by atoms with Crippen molar-refractivity contribution < 1.29 is 4.74 Å². The van der Waals surface area contributed by atoms with Gasteiger partial charge in [-0.3, -0.25) is 4.90 Å². The molecule has 2 aliphatic heterocycles. The van der Waals surface area contributed by atoms with Crippen LogP contribution in [0, 0.1) is 5.41 Å². The van der Waals surface area contributed by atoms with Crippen LogP contribution in [0.15, 0.2) is 61.1 Å². The fourth-order valence-corrected chi connectivity index (χ4v) is 5.72. The van der Waals surface area contributed by atoms with Crippen LogP contribution >= 0.6 is 0 Å². The Morgan fingerprint density at radius 2 is 1.68 bits per heavy atom. The summed E-state index contributed by atoms with van der Waals surface area (Å²) in [5, 5.41) is 1.09. The molecular formula is C28H31N5O. The highest BCUT2D eigenvalue weighted by molar-refractivity contribution is 5.95. The van der Waals surface area contributed by atoms with Crippen LogP contribution in [-0.2, 0) is 6.54 Å². The summed E-state index contributed by atoms with van der Waals surface area (Å²) in [6, 6.07) is 15.1. The fraction of sp³-hybridized carbons (Fsp3) is 0.357. The van der Waals surface area contributed by atoms with Gasteiger partial charge in [0.2, 0.25) is 5.88 Å². The number of rotatable bonds is 5. The Morgan fingerprint density at radius 1 is 0.941 bits per heavy atom. The minimum absolute atomic E-state index is 0.611. The minimum atomic E-state index is 0.611. The second-order valence-electron chi connectivity index (χ2n) is 10.1. The van der Waals surface area contributed by atoms with E-state index < -0.39 is 0 Å². The van der Waals surface area contributed by atoms with Gasteiger partial charge in [-0.1, -0.05) is 24.3 Å². The molecule has 5 heterocycles. The molecule has 0 atom stereocenters. The van der Waals surface area contributed by atoms with Crippen molar-refractivity contribution in [3.63, 3.8) is 0 Å². The number of piperidine rings is 1. The zero-order valence-electron chi connectivity index (χ0n) is 19.9. The Bertz CT molecular complexity index is 1280. The van der Waals surface area contributed by atoms with Gasteiger partial charge in [-0.2, -0.15) is 0 Å². The maximum Gasteiger partial charge on any atom is 0.212 e. The number of fused-ring (bicyclic) bond motifs is 1. The lowest BCUT2D eigenvalue weighted by molar-refractivity contribution is -0.0329. The van der Waals surface area contributed by atoms with Gasteiger partial charge in [-0.05, 0) is 61.7 Å². The van der Waals surface area contributed by atoms with E-state index in [4.69, 9.17) is 4.74 Å². The van der Waals surface area contributed by atoms with Crippen LogP contribution in [0.1, 0.15) is 18.4 Å². The van der Waals surface area contributed by atoms with E-state index in [9.17, 15) is 0 Å². The zero-order valence-corrected chi connectivity index (χ0v) is 19.9. The van der Waals surface area contributed by atoms with Crippen molar-refractivity contribution >= 4 is 11.0 Å². The number of benzene rings is 1. The predicted molar refractivity (Wildman–Crippen MR) is 136 cm³/mol. The Morgan fingerprint density at radius 3 is 2.35 bits per heavy atom. The number of aromatic nitrogens is 3. The van der Waals surface area contributed by atoms with Gasteiger partial charge >= 0.3 is 0 Å². The van der Waals surface area contributed by atoms with Gasteiger partial charge in [-0.25, -0.2) is 9.97 Å². The third-order valence-electron chi connectivity index (χ3n) is 7.61. The van der Waals surface area contributed by atoms with Gasteiger partial charge in [0.1, 0.15) is 5.65 Å². The van der Waals surface area contributed by atoms with Crippen LogP contribution in [0.2, 0.25) is 0 Å². The van der Waals surface area contributed by atoms with Gasteiger partial charge in [0.05, 0.1) is 7.11 Å². The molecule has 0 amide bonds. The molecule has 1 aromatic carbocycles. The van der Waals surface area contributed by atoms with Crippen LogP contribution in [0.4, 0.5) is 0 Å². The smallest absolute Gasteiger partial charge is 0.212 e. The van der Waals surface area contributed by atoms with E-state index in [2.05, 4.69) is 62.1 Å². The first-order valence-corrected chi connectivity index (χ1v) is 12.1. The average molecular weight is 454 g/mol. The van der Waals surface area contributed by atoms with Gasteiger partial charge in [0.25, 0.3) is 0 Å². The van der Waals surface area contributed by atoms with Crippen molar-refractivity contribution in [1.29, 1.82) is 0 Å². The standard InChI is InChI=1S/C28H31N5O/c1-32-18-28(19-32)9-11-33(12-10-28)17-20-3-5-21(6-4-20)23-13-24-25(16-31-27(24)30-15-23)22-7-8-26(34-2)29-14-22/h3-8,13-16H,9-12,17-19H2,1-2H3,(H,30,31). The third-order valence-corrected chi connectivity index (χ3v) is 7.61. The topological polar surface area (TPSA) is 57.3 Å². The number of H-pyrrole nitrogens is 1. The summed E-state index contributed by atoms with van der Waals surface area (Å²) in [6.07, 6.45) is 8.46. The van der Waals surface area contributed by atoms with Crippen molar-refractivity contribution in [2.75, 3.05) is 40.3 Å². The summed E-state index contributed by atoms with van der Waals surface area (Å²) in [7, 11) is 3.87. The predicted octanol–water partition coefficient (Wildman–Crippen LogP) is 4.83. The fourth-order valence-electron chi connectivity index (χ4n) is 5.72. The monoisotopic (exact) mass is 453 g/mol. The van der Waals surface area contributed by atoms with Gasteiger partial charge in [0, 0.05) is 66.4 Å². The number of ether oxygens (including phenoxy) is 1. The normalized spacial score (nSPS) is 18.3. The summed E-state index contributed by atoms with van der Waals surface area (Å²) in [5.41, 5.74) is 7.32. The Balaban J connectivity index is 1.17. The molecule has 2 aliphatic rings. The molecule has 6 heteroatoms. The molecule has 0 saturated carbocycles. The number of pyridine rings is 2. The van der Waals surface area contributed by atoms with E-state index in [0.29, 0.717) is 11.3 Å². The Labute approximate surface area is 200 Å². The van der Waals surface area contributed by atoms with Crippen LogP contribution in [0.25, 0.3) is 33.3 Å². The van der Waals surface area contributed by atoms with E-state index in [1.807, 2.05) is 30.7 Å². The van der Waals surface area contributed by atoms with Crippen molar-refractivity contribution in [3.8, 4) is 28.1 Å². The lowest BCUT2D eigenvalue weighted by atomic mass is 9.72. The quantitative estimate of drug-likeness (QED) is 0.469. The Kier molecular flexibility index (Phi) is 5.35. The second-order valence-corrected chi connectivity index (χ2v) is 10.1. The molecule has 6 rings (SSSR count). The molecule has 34 heavy (non-hydrogen) atoms. The van der Waals surface area contributed by atoms with Crippen molar-refractivity contribution in [3.05, 3.63) is 66.6 Å². The molecule has 2 saturated heterocycles. The molecule has 2 fully saturated rings. The largest absolute Gasteiger partial charge is 0.481 e. The molecule has 1 spiro atoms. The highest BCUT2D eigenvalue weighted by Crippen LogP contribution is 2.39. The third kappa shape index (κ3) is 3.97. The number of hydrogen-bond acceptors (Lipinski definition) is 5. The van der Waals surface area contributed by atoms with E-state index >= 15 is 0 Å². The summed E-state index contributed by atoms with van der Waals surface area (Å²) in [4.78, 5) is 17.4. The molecular weight excluding hydrogens is 422 g/mol. The summed E-state index contributed by atoms with van der Waals surface area (Å²) in [6.45, 7) is 6.03. The molecule has 0 aliphatic carbocycles. The number of hydrogen-bond donors (Lipinski definition) is 1. The SMILES string of the molecule is COc1ccc(-c2c[nH]c3ncc(-c4ccc(CN5CCC6(CC5)CN(C)C6)cc4)cc23)cn1. The van der Waals surface area contributed by atoms with E-state index in [1.165, 1.54) is 50.1 Å². The van der Waals surface area contributed by atoms with Crippen LogP contribution in [0.3, 0.4) is 0 Å². The van der Waals surface area contributed by atoms with Crippen LogP contribution < -0.4 is 4.74 Å². The average Bonchev–Trinajstić information content (AvgIpc) is 3.28. The number of nitrogens with zero attached hydrogens (tertiary/aromatic N) is 4. The molecule has 6 nitrogen and oxygen atoms in total. The number of methoxy groups -OCH3 is 1. The maximum absolute atomic E-state index is 5.19. The van der Waals surface area contributed by atoms with Gasteiger partial charge < -0.3 is 14.6 Å². The van der Waals surface area contributed by atoms with E-state index in [1.54, 1.807) is 7.11 Å². The Hall–Kier alpha value is -3.22. The lowest BCUT2D eigenvalue weighted by Crippen LogP contribution is -2.58. The summed E-state index contributed by atoms with van der Waals surface area (Å²) < 4.78 is 5.19. The van der Waals surface area contributed by atoms with Gasteiger partial charge in [-0.15, -0.1) is 0 Å². The van der Waals surface area contributed by atoms with Crippen LogP contribution in [-0.4, -0.2) is 65.1 Å². The first kappa shape index (κ1) is 21.3. The van der Waals surface area contributed by atoms with Crippen molar-refractivity contribution in [1.82, 2.24) is 24.8 Å². The molecule has 0 unspecified atom stereocenters. The van der Waals surface area contributed by atoms with Crippen molar-refractivity contribution in [2.24, 2.45) is 5.41 Å². The molecule has 4 aromatic rings. The highest BCUT2D eigenvalue weighted by atomic mass is 16.5. The molecule has 1 N–H and O–H groups in total. The summed E-state index contributed by atoms with van der Waals surface area (Å²) >= 11 is 0. The number of aromatic amines is 1. The van der Waals surface area contributed by atoms with E-state index in [-0.39, 0.29) is 0 Å². The van der Waals surface area contributed by atoms with Crippen molar-refractivity contribution in [2.45, 2.75) is 19.4 Å². The van der Waals surface area contributed by atoms with Crippen LogP contribution in [0.5, 0.6) is 5.88 Å². The number of likely N-dealkylation sites (tertiary alicyclic amines) is 2. The highest BCUT2D eigenvalue weighted by Gasteiger charge is 2.42. The zero-order chi connectivity index (χ0) is 23.1. The first-order chi connectivity index (χ1) is 16.6. The molecule has 3 aromatic heterocycles. The van der Waals surface area contributed by atoms with E-state index in [0.717, 1.165) is 34.3 Å². The lowest BCUT2D eigenvalue weighted by Gasteiger charge is -2.53. The van der Waals surface area contributed by atoms with Gasteiger partial charge in [0.15, 0.2) is 0 Å². The minimum Gasteiger partial charge on any atom is -0.481 e. The maximum atomic E-state index is 5.19. The molecule has 174 valence electrons. The summed E-state index contributed by atoms with van der Waals surface area (Å²) in [5.74, 6) is 0.613. The first-order valence-electron chi connectivity index (χ1n) is 12.1. The number of nitrogens with one attached hydrogen (secondary N) is 1. The molecule has 0 bridgehead atoms. The molecule has 0 radical (unpaired) electrons. The second kappa shape index (κ2) is 8.53.